The molecule has 30 heavy (non-hydrogen) atoms. The lowest BCUT2D eigenvalue weighted by atomic mass is 10.0. The van der Waals surface area contributed by atoms with E-state index in [1.54, 1.807) is 12.1 Å². The van der Waals surface area contributed by atoms with Gasteiger partial charge in [-0.05, 0) is 55.3 Å². The number of benzene rings is 2. The van der Waals surface area contributed by atoms with E-state index < -0.39 is 22.8 Å². The van der Waals surface area contributed by atoms with Crippen molar-refractivity contribution < 1.29 is 18.0 Å². The molecule has 1 heterocycles. The summed E-state index contributed by atoms with van der Waals surface area (Å²) in [4.78, 5) is 16.7. The molecule has 158 valence electrons. The van der Waals surface area contributed by atoms with Crippen LogP contribution in [0.4, 0.5) is 29.3 Å². The molecular weight excluding hydrogens is 417 g/mol. The van der Waals surface area contributed by atoms with E-state index in [1.807, 2.05) is 32.2 Å². The number of amidine groups is 1. The van der Waals surface area contributed by atoms with Gasteiger partial charge in [-0.3, -0.25) is 4.99 Å². The Labute approximate surface area is 177 Å². The molecule has 0 aliphatic carbocycles. The Kier molecular flexibility index (Phi) is 6.36. The van der Waals surface area contributed by atoms with Crippen LogP contribution in [0.1, 0.15) is 31.4 Å². The summed E-state index contributed by atoms with van der Waals surface area (Å²) in [5, 5.41) is 7.81. The first-order valence-electron chi connectivity index (χ1n) is 9.19. The summed E-state index contributed by atoms with van der Waals surface area (Å²) in [5.41, 5.74) is 1.69. The van der Waals surface area contributed by atoms with E-state index >= 15 is 0 Å². The van der Waals surface area contributed by atoms with Gasteiger partial charge in [0.1, 0.15) is 5.84 Å². The van der Waals surface area contributed by atoms with Crippen molar-refractivity contribution in [3.63, 3.8) is 0 Å². The Hall–Kier alpha value is -3.00. The number of carbonyl (C=O) groups is 1. The molecule has 1 aliphatic heterocycles. The highest BCUT2D eigenvalue weighted by Gasteiger charge is 2.33. The van der Waals surface area contributed by atoms with Crippen molar-refractivity contribution >= 4 is 40.4 Å². The van der Waals surface area contributed by atoms with Crippen molar-refractivity contribution in [2.45, 2.75) is 32.5 Å². The Morgan fingerprint density at radius 1 is 1.13 bits per heavy atom. The maximum Gasteiger partial charge on any atom is 0.417 e. The molecule has 2 aromatic rings. The van der Waals surface area contributed by atoms with Crippen molar-refractivity contribution in [2.24, 2.45) is 4.99 Å². The van der Waals surface area contributed by atoms with Crippen LogP contribution in [-0.4, -0.2) is 17.9 Å². The summed E-state index contributed by atoms with van der Waals surface area (Å²) in [7, 11) is 0. The smallest absolute Gasteiger partial charge is 0.350 e. The van der Waals surface area contributed by atoms with Gasteiger partial charge < -0.3 is 16.0 Å². The SMILES string of the molecule is CC(C)N=C1CC(c2cccc(NC(=O)Nc3ccc(C(F)(F)F)c(Cl)c3)c2)=CN1. The predicted molar refractivity (Wildman–Crippen MR) is 114 cm³/mol. The van der Waals surface area contributed by atoms with Crippen molar-refractivity contribution in [3.8, 4) is 0 Å². The summed E-state index contributed by atoms with van der Waals surface area (Å²) < 4.78 is 38.3. The van der Waals surface area contributed by atoms with Gasteiger partial charge in [0.15, 0.2) is 0 Å². The van der Waals surface area contributed by atoms with Crippen LogP contribution in [0.25, 0.3) is 5.57 Å². The Morgan fingerprint density at radius 3 is 2.47 bits per heavy atom. The fraction of sp³-hybridized carbons (Fsp3) is 0.238. The molecule has 0 aromatic heterocycles. The second-order valence-corrected chi connectivity index (χ2v) is 7.42. The molecule has 0 bridgehead atoms. The van der Waals surface area contributed by atoms with Gasteiger partial charge >= 0.3 is 12.2 Å². The Bertz CT molecular complexity index is 1020. The number of hydrogen-bond donors (Lipinski definition) is 3. The largest absolute Gasteiger partial charge is 0.417 e. The molecule has 0 saturated heterocycles. The van der Waals surface area contributed by atoms with E-state index in [1.165, 1.54) is 0 Å². The molecular formula is C21H20ClF3N4O. The summed E-state index contributed by atoms with van der Waals surface area (Å²) in [6.45, 7) is 4.00. The predicted octanol–water partition coefficient (Wildman–Crippen LogP) is 6.14. The Balaban J connectivity index is 1.66. The zero-order valence-corrected chi connectivity index (χ0v) is 17.0. The van der Waals surface area contributed by atoms with Crippen LogP contribution < -0.4 is 16.0 Å². The summed E-state index contributed by atoms with van der Waals surface area (Å²) in [5.74, 6) is 0.885. The number of rotatable bonds is 4. The van der Waals surface area contributed by atoms with E-state index in [9.17, 15) is 18.0 Å². The van der Waals surface area contributed by atoms with Crippen LogP contribution in [0.2, 0.25) is 5.02 Å². The third-order valence-corrected chi connectivity index (χ3v) is 4.52. The van der Waals surface area contributed by atoms with Crippen LogP contribution in [0.5, 0.6) is 0 Å². The lowest BCUT2D eigenvalue weighted by Crippen LogP contribution is -2.19. The van der Waals surface area contributed by atoms with Crippen molar-refractivity contribution in [1.82, 2.24) is 5.32 Å². The van der Waals surface area contributed by atoms with E-state index in [2.05, 4.69) is 20.9 Å². The number of urea groups is 1. The highest BCUT2D eigenvalue weighted by molar-refractivity contribution is 6.31. The first kappa shape index (κ1) is 21.7. The summed E-state index contributed by atoms with van der Waals surface area (Å²) in [6.07, 6.45) is -2.01. The maximum atomic E-state index is 12.8. The number of carbonyl (C=O) groups excluding carboxylic acids is 1. The number of amides is 2. The number of halogens is 4. The van der Waals surface area contributed by atoms with Gasteiger partial charge in [0, 0.05) is 30.0 Å². The Morgan fingerprint density at radius 2 is 1.83 bits per heavy atom. The maximum absolute atomic E-state index is 12.8. The zero-order chi connectivity index (χ0) is 21.9. The van der Waals surface area contributed by atoms with Gasteiger partial charge in [-0.25, -0.2) is 4.79 Å². The first-order chi connectivity index (χ1) is 14.1. The van der Waals surface area contributed by atoms with Crippen molar-refractivity contribution in [2.75, 3.05) is 10.6 Å². The number of alkyl halides is 3. The average molecular weight is 437 g/mol. The zero-order valence-electron chi connectivity index (χ0n) is 16.3. The number of anilines is 2. The summed E-state index contributed by atoms with van der Waals surface area (Å²) in [6, 6.07) is 9.89. The van der Waals surface area contributed by atoms with Gasteiger partial charge in [0.05, 0.1) is 10.6 Å². The van der Waals surface area contributed by atoms with Gasteiger partial charge in [-0.1, -0.05) is 23.7 Å². The van der Waals surface area contributed by atoms with Gasteiger partial charge in [-0.2, -0.15) is 13.2 Å². The second kappa shape index (κ2) is 8.79. The molecule has 0 fully saturated rings. The minimum atomic E-state index is -4.55. The number of aliphatic imine (C=N–C) groups is 1. The number of nitrogens with one attached hydrogen (secondary N) is 3. The third kappa shape index (κ3) is 5.54. The van der Waals surface area contributed by atoms with Gasteiger partial charge in [-0.15, -0.1) is 0 Å². The second-order valence-electron chi connectivity index (χ2n) is 7.01. The molecule has 0 unspecified atom stereocenters. The van der Waals surface area contributed by atoms with Crippen LogP contribution in [0.3, 0.4) is 0 Å². The molecule has 0 atom stereocenters. The molecule has 1 aliphatic rings. The minimum absolute atomic E-state index is 0.152. The van der Waals surface area contributed by atoms with Crippen LogP contribution in [0, 0.1) is 0 Å². The normalized spacial score (nSPS) is 15.2. The fourth-order valence-corrected chi connectivity index (χ4v) is 3.23. The molecule has 0 saturated carbocycles. The van der Waals surface area contributed by atoms with Crippen LogP contribution in [-0.2, 0) is 6.18 Å². The molecule has 5 nitrogen and oxygen atoms in total. The molecule has 0 spiro atoms. The molecule has 2 amide bonds. The van der Waals surface area contributed by atoms with E-state index in [4.69, 9.17) is 11.6 Å². The first-order valence-corrected chi connectivity index (χ1v) is 9.57. The third-order valence-electron chi connectivity index (χ3n) is 4.21. The van der Waals surface area contributed by atoms with E-state index in [-0.39, 0.29) is 11.7 Å². The average Bonchev–Trinajstić information content (AvgIpc) is 3.08. The molecule has 3 rings (SSSR count). The van der Waals surface area contributed by atoms with Crippen LogP contribution in [0.15, 0.2) is 53.7 Å². The summed E-state index contributed by atoms with van der Waals surface area (Å²) >= 11 is 5.68. The topological polar surface area (TPSA) is 65.5 Å². The van der Waals surface area contributed by atoms with Gasteiger partial charge in [0.2, 0.25) is 0 Å². The fourth-order valence-electron chi connectivity index (χ4n) is 2.95. The number of hydrogen-bond acceptors (Lipinski definition) is 2. The molecule has 0 radical (unpaired) electrons. The van der Waals surface area contributed by atoms with E-state index in [0.29, 0.717) is 12.1 Å². The molecule has 2 aromatic carbocycles. The lowest BCUT2D eigenvalue weighted by Gasteiger charge is -2.12. The van der Waals surface area contributed by atoms with Gasteiger partial charge in [0.25, 0.3) is 0 Å². The van der Waals surface area contributed by atoms with Crippen LogP contribution >= 0.6 is 11.6 Å². The highest BCUT2D eigenvalue weighted by atomic mass is 35.5. The molecule has 9 heteroatoms. The van der Waals surface area contributed by atoms with E-state index in [0.717, 1.165) is 35.2 Å². The van der Waals surface area contributed by atoms with Crippen molar-refractivity contribution in [3.05, 3.63) is 64.8 Å². The number of nitrogens with zero attached hydrogens (tertiary/aromatic N) is 1. The quantitative estimate of drug-likeness (QED) is 0.538. The lowest BCUT2D eigenvalue weighted by molar-refractivity contribution is -0.137. The highest BCUT2D eigenvalue weighted by Crippen LogP contribution is 2.35. The van der Waals surface area contributed by atoms with Crippen molar-refractivity contribution in [1.29, 1.82) is 0 Å². The minimum Gasteiger partial charge on any atom is -0.350 e. The molecule has 3 N–H and O–H groups in total. The monoisotopic (exact) mass is 436 g/mol. The standard InChI is InChI=1S/C21H20ClF3N4O/c1-12(2)27-19-9-14(11-26-19)13-4-3-5-15(8-13)28-20(30)29-16-6-7-17(18(22)10-16)21(23,24)25/h3-8,10-12H,9H2,1-2H3,(H,26,27)(H2,28,29,30).